The zero-order chi connectivity index (χ0) is 71.8. The molecule has 0 saturated heterocycles. The van der Waals surface area contributed by atoms with Crippen molar-refractivity contribution >= 4 is 39.5 Å². The molecule has 0 radical (unpaired) electrons. The van der Waals surface area contributed by atoms with Crippen LogP contribution in [-0.4, -0.2) is 96.7 Å². The van der Waals surface area contributed by atoms with Crippen molar-refractivity contribution in [2.24, 2.45) is 0 Å². The molecule has 0 spiro atoms. The van der Waals surface area contributed by atoms with E-state index in [0.717, 1.165) is 167 Å². The van der Waals surface area contributed by atoms with Crippen molar-refractivity contribution in [3.63, 3.8) is 0 Å². The molecule has 0 bridgehead atoms. The second kappa shape index (κ2) is 71.4. The summed E-state index contributed by atoms with van der Waals surface area (Å²) in [5, 5.41) is 10.6. The van der Waals surface area contributed by atoms with Crippen LogP contribution < -0.4 is 0 Å². The standard InChI is InChI=1S/C79H138O17P2/c1-5-9-13-17-21-25-29-32-35-36-39-41-45-48-52-56-60-64-77(82)90-70-75(96-79(84)66-62-58-54-50-46-42-38-34-31-27-23-19-15-11-7-3)72-94-98(87,88)92-68-73(80)67-91-97(85,86)93-71-74(95-78(83)65-61-57-53-49-43-28-24-20-16-12-8-4)69-89-76(81)63-59-55-51-47-44-40-37-33-30-26-22-18-14-10-6-2/h9,13,21-23,25-27,32-35,37-39,41,73-75,80H,5-8,10-12,14-20,24,28-31,36,40,42-72H2,1-4H3,(H,85,86)(H,87,88)/b13-9-,25-21-,26-22-,27-23-,35-32-,37-33-,38-34-,41-39-. The molecule has 5 atom stereocenters. The first-order valence-electron chi connectivity index (χ1n) is 38.5. The maximum atomic E-state index is 13.1. The van der Waals surface area contributed by atoms with Gasteiger partial charge in [0.2, 0.25) is 0 Å². The maximum absolute atomic E-state index is 13.1. The third kappa shape index (κ3) is 70.4. The average Bonchev–Trinajstić information content (AvgIpc) is 0.986. The lowest BCUT2D eigenvalue weighted by molar-refractivity contribution is -0.161. The van der Waals surface area contributed by atoms with E-state index in [0.29, 0.717) is 25.7 Å². The Bertz CT molecular complexity index is 2240. The van der Waals surface area contributed by atoms with Gasteiger partial charge in [-0.25, -0.2) is 9.13 Å². The molecule has 0 aliphatic heterocycles. The normalized spacial score (nSPS) is 14.5. The number of carbonyl (C=O) groups is 4. The fraction of sp³-hybridized carbons (Fsp3) is 0.747. The topological polar surface area (TPSA) is 237 Å². The number of carbonyl (C=O) groups excluding carboxylic acids is 4. The van der Waals surface area contributed by atoms with E-state index in [4.69, 9.17) is 37.0 Å². The summed E-state index contributed by atoms with van der Waals surface area (Å²) >= 11 is 0. The fourth-order valence-electron chi connectivity index (χ4n) is 10.2. The third-order valence-corrected chi connectivity index (χ3v) is 17.9. The third-order valence-electron chi connectivity index (χ3n) is 16.0. The van der Waals surface area contributed by atoms with Crippen LogP contribution in [0.1, 0.15) is 323 Å². The van der Waals surface area contributed by atoms with Gasteiger partial charge in [-0.15, -0.1) is 0 Å². The summed E-state index contributed by atoms with van der Waals surface area (Å²) in [5.41, 5.74) is 0. The molecule has 0 saturated carbocycles. The molecule has 0 aliphatic carbocycles. The van der Waals surface area contributed by atoms with Gasteiger partial charge in [0.15, 0.2) is 12.2 Å². The SMILES string of the molecule is CC/C=C\C/C=C\C/C=C\C/C=C\CCCCCCC(=O)OCC(COP(=O)(O)OCC(O)COP(=O)(O)OCC(COC(=O)CCCCCCC/C=C\C/C=C\CCCCC)OC(=O)CCCCCCCCCCCCC)OC(=O)CCCCCCC/C=C\C/C=C\CCCCC. The van der Waals surface area contributed by atoms with E-state index < -0.39 is 97.5 Å². The van der Waals surface area contributed by atoms with Crippen molar-refractivity contribution in [3.05, 3.63) is 97.2 Å². The maximum Gasteiger partial charge on any atom is 0.472 e. The Kier molecular flexibility index (Phi) is 68.4. The van der Waals surface area contributed by atoms with Gasteiger partial charge in [0.05, 0.1) is 26.4 Å². The summed E-state index contributed by atoms with van der Waals surface area (Å²) < 4.78 is 68.4. The zero-order valence-electron chi connectivity index (χ0n) is 61.7. The van der Waals surface area contributed by atoms with E-state index in [1.165, 1.54) is 77.0 Å². The quantitative estimate of drug-likeness (QED) is 0.0169. The molecule has 566 valence electrons. The van der Waals surface area contributed by atoms with Crippen LogP contribution in [0.4, 0.5) is 0 Å². The summed E-state index contributed by atoms with van der Waals surface area (Å²) in [5.74, 6) is -2.22. The van der Waals surface area contributed by atoms with Gasteiger partial charge in [0.1, 0.15) is 19.3 Å². The van der Waals surface area contributed by atoms with Crippen LogP contribution in [0, 0.1) is 0 Å². The molecule has 0 aromatic heterocycles. The highest BCUT2D eigenvalue weighted by atomic mass is 31.2. The van der Waals surface area contributed by atoms with E-state index in [2.05, 4.69) is 125 Å². The molecular weight excluding hydrogens is 1280 g/mol. The van der Waals surface area contributed by atoms with Crippen molar-refractivity contribution < 1.29 is 80.2 Å². The van der Waals surface area contributed by atoms with Crippen LogP contribution in [0.15, 0.2) is 97.2 Å². The number of unbranched alkanes of at least 4 members (excludes halogenated alkanes) is 30. The average molecular weight is 1420 g/mol. The van der Waals surface area contributed by atoms with Gasteiger partial charge in [-0.1, -0.05) is 266 Å². The lowest BCUT2D eigenvalue weighted by Gasteiger charge is -2.21. The van der Waals surface area contributed by atoms with E-state index in [1.807, 2.05) is 0 Å². The van der Waals surface area contributed by atoms with Crippen LogP contribution in [0.2, 0.25) is 0 Å². The number of rotatable bonds is 72. The molecule has 5 unspecified atom stereocenters. The number of phosphoric acid groups is 2. The Labute approximate surface area is 595 Å². The van der Waals surface area contributed by atoms with Gasteiger partial charge >= 0.3 is 39.5 Å². The minimum absolute atomic E-state index is 0.0731. The van der Waals surface area contributed by atoms with Gasteiger partial charge in [0, 0.05) is 25.7 Å². The first-order chi connectivity index (χ1) is 47.7. The summed E-state index contributed by atoms with van der Waals surface area (Å²) in [4.78, 5) is 72.8. The molecule has 0 aliphatic rings. The minimum Gasteiger partial charge on any atom is -0.462 e. The summed E-state index contributed by atoms with van der Waals surface area (Å²) in [6.07, 6.45) is 73.9. The van der Waals surface area contributed by atoms with Crippen LogP contribution in [0.5, 0.6) is 0 Å². The molecule has 0 aromatic rings. The lowest BCUT2D eigenvalue weighted by atomic mass is 10.1. The molecule has 0 rings (SSSR count). The van der Waals surface area contributed by atoms with Crippen molar-refractivity contribution in [2.75, 3.05) is 39.6 Å². The van der Waals surface area contributed by atoms with Gasteiger partial charge in [0.25, 0.3) is 0 Å². The Morgan fingerprint density at radius 2 is 0.531 bits per heavy atom. The first kappa shape index (κ1) is 94.0. The molecular formula is C79H138O17P2. The van der Waals surface area contributed by atoms with Gasteiger partial charge < -0.3 is 33.8 Å². The Hall–Kier alpha value is -4.02. The van der Waals surface area contributed by atoms with E-state index >= 15 is 0 Å². The lowest BCUT2D eigenvalue weighted by Crippen LogP contribution is -2.30. The van der Waals surface area contributed by atoms with Gasteiger partial charge in [-0.3, -0.25) is 37.3 Å². The number of phosphoric ester groups is 2. The number of esters is 4. The molecule has 0 aromatic carbocycles. The highest BCUT2D eigenvalue weighted by Crippen LogP contribution is 2.45. The minimum atomic E-state index is -4.98. The summed E-state index contributed by atoms with van der Waals surface area (Å²) in [6, 6.07) is 0. The number of ether oxygens (including phenoxy) is 4. The van der Waals surface area contributed by atoms with E-state index in [9.17, 15) is 43.2 Å². The molecule has 98 heavy (non-hydrogen) atoms. The number of hydrogen-bond donors (Lipinski definition) is 3. The van der Waals surface area contributed by atoms with Crippen molar-refractivity contribution in [3.8, 4) is 0 Å². The number of aliphatic hydroxyl groups excluding tert-OH is 1. The second-order valence-corrected chi connectivity index (χ2v) is 28.5. The monoisotopic (exact) mass is 1420 g/mol. The highest BCUT2D eigenvalue weighted by molar-refractivity contribution is 7.47. The summed E-state index contributed by atoms with van der Waals surface area (Å²) in [7, 11) is -9.96. The largest absolute Gasteiger partial charge is 0.472 e. The van der Waals surface area contributed by atoms with Crippen LogP contribution in [-0.2, 0) is 65.4 Å². The van der Waals surface area contributed by atoms with Gasteiger partial charge in [-0.05, 0) is 128 Å². The van der Waals surface area contributed by atoms with Crippen molar-refractivity contribution in [1.29, 1.82) is 0 Å². The fourth-order valence-corrected chi connectivity index (χ4v) is 11.7. The Morgan fingerprint density at radius 1 is 0.296 bits per heavy atom. The molecule has 0 amide bonds. The van der Waals surface area contributed by atoms with Crippen LogP contribution in [0.3, 0.4) is 0 Å². The van der Waals surface area contributed by atoms with Gasteiger partial charge in [-0.2, -0.15) is 0 Å². The number of hydrogen-bond acceptors (Lipinski definition) is 15. The number of aliphatic hydroxyl groups is 1. The predicted molar refractivity (Wildman–Crippen MR) is 399 cm³/mol. The molecule has 0 fully saturated rings. The van der Waals surface area contributed by atoms with Crippen molar-refractivity contribution in [1.82, 2.24) is 0 Å². The Morgan fingerprint density at radius 3 is 0.837 bits per heavy atom. The van der Waals surface area contributed by atoms with Crippen LogP contribution in [0.25, 0.3) is 0 Å². The summed E-state index contributed by atoms with van der Waals surface area (Å²) in [6.45, 7) is 4.66. The first-order valence-corrected chi connectivity index (χ1v) is 41.5. The molecule has 19 heteroatoms. The molecule has 17 nitrogen and oxygen atoms in total. The number of allylic oxidation sites excluding steroid dienone is 16. The van der Waals surface area contributed by atoms with Crippen molar-refractivity contribution in [2.45, 2.75) is 341 Å². The molecule has 0 heterocycles. The van der Waals surface area contributed by atoms with E-state index in [1.54, 1.807) is 0 Å². The van der Waals surface area contributed by atoms with Crippen LogP contribution >= 0.6 is 15.6 Å². The predicted octanol–water partition coefficient (Wildman–Crippen LogP) is 22.0. The smallest absolute Gasteiger partial charge is 0.462 e. The second-order valence-electron chi connectivity index (χ2n) is 25.6. The van der Waals surface area contributed by atoms with E-state index in [-0.39, 0.29) is 25.7 Å². The highest BCUT2D eigenvalue weighted by Gasteiger charge is 2.30. The zero-order valence-corrected chi connectivity index (χ0v) is 63.5. The Balaban J connectivity index is 5.36. The molecule has 3 N–H and O–H groups in total.